The summed E-state index contributed by atoms with van der Waals surface area (Å²) in [6.07, 6.45) is 0. The van der Waals surface area contributed by atoms with Gasteiger partial charge in [-0.2, -0.15) is 0 Å². The number of nitrogens with one attached hydrogen (secondary N) is 2. The zero-order chi connectivity index (χ0) is 22.0. The van der Waals surface area contributed by atoms with Crippen molar-refractivity contribution in [2.24, 2.45) is 0 Å². The number of carbonyl (C=O) groups is 1. The molecular weight excluding hydrogens is 432 g/mol. The summed E-state index contributed by atoms with van der Waals surface area (Å²) < 4.78 is 15.9. The van der Waals surface area contributed by atoms with Crippen LogP contribution < -0.4 is 20.1 Å². The van der Waals surface area contributed by atoms with Crippen LogP contribution in [0.1, 0.15) is 33.8 Å². The Balaban J connectivity index is 1.56. The number of esters is 1. The Bertz CT molecular complexity index is 1130. The van der Waals surface area contributed by atoms with Gasteiger partial charge >= 0.3 is 5.97 Å². The first-order chi connectivity index (χ1) is 15.0. The monoisotopic (exact) mass is 454 g/mol. The van der Waals surface area contributed by atoms with E-state index >= 15 is 0 Å². The van der Waals surface area contributed by atoms with Crippen molar-refractivity contribution < 1.29 is 19.0 Å². The molecule has 0 saturated heterocycles. The minimum absolute atomic E-state index is 0.0780. The van der Waals surface area contributed by atoms with Crippen molar-refractivity contribution in [3.8, 4) is 22.6 Å². The number of anilines is 1. The lowest BCUT2D eigenvalue weighted by Crippen LogP contribution is -2.31. The number of thiocarbonyl (C=S) groups is 1. The van der Waals surface area contributed by atoms with Crippen LogP contribution in [0.25, 0.3) is 11.1 Å². The molecule has 1 unspecified atom stereocenters. The minimum Gasteiger partial charge on any atom is -0.465 e. The predicted octanol–water partition coefficient (Wildman–Crippen LogP) is 5.29. The summed E-state index contributed by atoms with van der Waals surface area (Å²) in [6, 6.07) is 15.5. The molecule has 1 aliphatic rings. The van der Waals surface area contributed by atoms with E-state index in [1.54, 1.807) is 0 Å². The number of methoxy groups -OCH3 is 1. The highest BCUT2D eigenvalue weighted by atomic mass is 32.1. The number of carbonyl (C=O) groups excluding carboxylic acids is 1. The number of fused-ring (bicyclic) bond motifs is 1. The number of benzene rings is 2. The van der Waals surface area contributed by atoms with Crippen molar-refractivity contribution in [2.45, 2.75) is 19.9 Å². The summed E-state index contributed by atoms with van der Waals surface area (Å²) in [6.45, 7) is 4.22. The standard InChI is InChI=1S/C23H22N2O4S2/c1-13(16-9-10-17-18(11-16)29-12-28-17)24-23(30)25-21-20(22(26)27-3)19(14(2)31-21)15-7-5-4-6-8-15/h4-11,13H,12H2,1-3H3,(H2,24,25,30). The highest BCUT2D eigenvalue weighted by Gasteiger charge is 2.25. The molecule has 31 heavy (non-hydrogen) atoms. The highest BCUT2D eigenvalue weighted by molar-refractivity contribution is 7.80. The normalized spacial score (nSPS) is 12.9. The maximum absolute atomic E-state index is 12.6. The molecule has 0 radical (unpaired) electrons. The summed E-state index contributed by atoms with van der Waals surface area (Å²) in [7, 11) is 1.38. The van der Waals surface area contributed by atoms with E-state index in [4.69, 9.17) is 26.4 Å². The smallest absolute Gasteiger partial charge is 0.341 e. The molecule has 0 amide bonds. The first kappa shape index (κ1) is 21.1. The van der Waals surface area contributed by atoms with Gasteiger partial charge in [-0.15, -0.1) is 11.3 Å². The van der Waals surface area contributed by atoms with Gasteiger partial charge in [-0.3, -0.25) is 0 Å². The predicted molar refractivity (Wildman–Crippen MR) is 126 cm³/mol. The molecule has 2 heterocycles. The van der Waals surface area contributed by atoms with Crippen molar-refractivity contribution >= 4 is 39.6 Å². The fraction of sp³-hybridized carbons (Fsp3) is 0.217. The number of rotatable bonds is 5. The van der Waals surface area contributed by atoms with Gasteiger partial charge in [0.2, 0.25) is 6.79 Å². The van der Waals surface area contributed by atoms with E-state index in [0.717, 1.165) is 33.1 Å². The molecule has 0 saturated carbocycles. The van der Waals surface area contributed by atoms with Gasteiger partial charge in [0.05, 0.1) is 13.2 Å². The Kier molecular flexibility index (Phi) is 6.11. The zero-order valence-electron chi connectivity index (χ0n) is 17.4. The molecule has 0 spiro atoms. The van der Waals surface area contributed by atoms with Crippen LogP contribution in [-0.4, -0.2) is 25.0 Å². The number of hydrogen-bond acceptors (Lipinski definition) is 6. The average molecular weight is 455 g/mol. The number of hydrogen-bond donors (Lipinski definition) is 2. The molecule has 0 fully saturated rings. The van der Waals surface area contributed by atoms with Crippen LogP contribution in [0.15, 0.2) is 48.5 Å². The Hall–Kier alpha value is -3.10. The summed E-state index contributed by atoms with van der Waals surface area (Å²) in [5, 5.41) is 7.52. The van der Waals surface area contributed by atoms with Crippen LogP contribution >= 0.6 is 23.6 Å². The molecular formula is C23H22N2O4S2. The first-order valence-electron chi connectivity index (χ1n) is 9.72. The van der Waals surface area contributed by atoms with Crippen molar-refractivity contribution in [3.05, 3.63) is 64.5 Å². The maximum Gasteiger partial charge on any atom is 0.341 e. The van der Waals surface area contributed by atoms with Crippen LogP contribution in [0.4, 0.5) is 5.00 Å². The molecule has 1 atom stereocenters. The third kappa shape index (κ3) is 4.35. The fourth-order valence-corrected chi connectivity index (χ4v) is 4.90. The maximum atomic E-state index is 12.6. The third-order valence-corrected chi connectivity index (χ3v) is 6.25. The molecule has 4 rings (SSSR count). The molecule has 1 aliphatic heterocycles. The van der Waals surface area contributed by atoms with Crippen LogP contribution in [0.3, 0.4) is 0 Å². The van der Waals surface area contributed by atoms with Gasteiger partial charge in [-0.05, 0) is 49.3 Å². The van der Waals surface area contributed by atoms with Gasteiger partial charge in [-0.25, -0.2) is 4.79 Å². The summed E-state index contributed by atoms with van der Waals surface area (Å²) in [5.41, 5.74) is 3.30. The number of ether oxygens (including phenoxy) is 3. The Labute approximate surface area is 190 Å². The molecule has 3 aromatic rings. The third-order valence-electron chi connectivity index (χ3n) is 5.01. The Morgan fingerprint density at radius 3 is 2.65 bits per heavy atom. The van der Waals surface area contributed by atoms with Gasteiger partial charge in [0.25, 0.3) is 0 Å². The molecule has 6 nitrogen and oxygen atoms in total. The summed E-state index contributed by atoms with van der Waals surface area (Å²) >= 11 is 7.01. The molecule has 0 aliphatic carbocycles. The van der Waals surface area contributed by atoms with Gasteiger partial charge in [0.1, 0.15) is 10.6 Å². The summed E-state index contributed by atoms with van der Waals surface area (Å²) in [4.78, 5) is 13.6. The molecule has 8 heteroatoms. The largest absolute Gasteiger partial charge is 0.465 e. The van der Waals surface area contributed by atoms with Crippen LogP contribution in [-0.2, 0) is 4.74 Å². The Morgan fingerprint density at radius 1 is 1.16 bits per heavy atom. The number of aryl methyl sites for hydroxylation is 1. The second kappa shape index (κ2) is 8.95. The van der Waals surface area contributed by atoms with E-state index in [1.165, 1.54) is 18.4 Å². The highest BCUT2D eigenvalue weighted by Crippen LogP contribution is 2.40. The van der Waals surface area contributed by atoms with Crippen molar-refractivity contribution in [2.75, 3.05) is 19.2 Å². The lowest BCUT2D eigenvalue weighted by molar-refractivity contribution is 0.0603. The van der Waals surface area contributed by atoms with Gasteiger partial charge in [-0.1, -0.05) is 36.4 Å². The second-order valence-electron chi connectivity index (χ2n) is 7.03. The summed E-state index contributed by atoms with van der Waals surface area (Å²) in [5.74, 6) is 1.05. The van der Waals surface area contributed by atoms with Crippen LogP contribution in [0.2, 0.25) is 0 Å². The van der Waals surface area contributed by atoms with E-state index in [0.29, 0.717) is 15.7 Å². The van der Waals surface area contributed by atoms with E-state index in [1.807, 2.05) is 62.4 Å². The molecule has 2 N–H and O–H groups in total. The molecule has 0 bridgehead atoms. The van der Waals surface area contributed by atoms with E-state index in [9.17, 15) is 4.79 Å². The van der Waals surface area contributed by atoms with E-state index in [-0.39, 0.29) is 12.8 Å². The van der Waals surface area contributed by atoms with Crippen molar-refractivity contribution in [1.29, 1.82) is 0 Å². The van der Waals surface area contributed by atoms with Gasteiger partial charge in [0.15, 0.2) is 16.6 Å². The van der Waals surface area contributed by atoms with Crippen molar-refractivity contribution in [3.63, 3.8) is 0 Å². The van der Waals surface area contributed by atoms with E-state index < -0.39 is 5.97 Å². The SMILES string of the molecule is COC(=O)c1c(NC(=S)NC(C)c2ccc3c(c2)OCO3)sc(C)c1-c1ccccc1. The van der Waals surface area contributed by atoms with Crippen LogP contribution in [0.5, 0.6) is 11.5 Å². The Morgan fingerprint density at radius 2 is 1.90 bits per heavy atom. The minimum atomic E-state index is -0.405. The van der Waals surface area contributed by atoms with Crippen molar-refractivity contribution in [1.82, 2.24) is 5.32 Å². The lowest BCUT2D eigenvalue weighted by Gasteiger charge is -2.18. The topological polar surface area (TPSA) is 68.8 Å². The average Bonchev–Trinajstić information content (AvgIpc) is 3.36. The van der Waals surface area contributed by atoms with Gasteiger partial charge in [0, 0.05) is 10.4 Å². The second-order valence-corrected chi connectivity index (χ2v) is 8.66. The molecule has 2 aromatic carbocycles. The van der Waals surface area contributed by atoms with Gasteiger partial charge < -0.3 is 24.8 Å². The zero-order valence-corrected chi connectivity index (χ0v) is 19.0. The van der Waals surface area contributed by atoms with Crippen LogP contribution in [0, 0.1) is 6.92 Å². The fourth-order valence-electron chi connectivity index (χ4n) is 3.48. The molecule has 160 valence electrons. The molecule has 1 aromatic heterocycles. The quantitative estimate of drug-likeness (QED) is 0.401. The lowest BCUT2D eigenvalue weighted by atomic mass is 10.0. The number of thiophene rings is 1. The van der Waals surface area contributed by atoms with E-state index in [2.05, 4.69) is 10.6 Å². The first-order valence-corrected chi connectivity index (χ1v) is 10.9.